The van der Waals surface area contributed by atoms with E-state index in [1.165, 1.54) is 6.42 Å². The third kappa shape index (κ3) is 4.02. The van der Waals surface area contributed by atoms with Crippen molar-refractivity contribution in [2.75, 3.05) is 13.2 Å². The lowest BCUT2D eigenvalue weighted by molar-refractivity contribution is -0.160. The van der Waals surface area contributed by atoms with Crippen LogP contribution >= 0.6 is 0 Å². The largest absolute Gasteiger partial charge is 0.466 e. The highest BCUT2D eigenvalue weighted by atomic mass is 16.6. The maximum absolute atomic E-state index is 14.2. The molecule has 4 aliphatic rings. The van der Waals surface area contributed by atoms with Crippen LogP contribution in [0.25, 0.3) is 0 Å². The number of carbonyl (C=O) groups excluding carboxylic acids is 3. The first-order valence-corrected chi connectivity index (χ1v) is 13.5. The summed E-state index contributed by atoms with van der Waals surface area (Å²) in [5.41, 5.74) is -0.994. The Labute approximate surface area is 212 Å². The zero-order valence-electron chi connectivity index (χ0n) is 21.3. The molecule has 1 aliphatic carbocycles. The number of ether oxygens (including phenoxy) is 2. The van der Waals surface area contributed by atoms with Gasteiger partial charge in [0.25, 0.3) is 0 Å². The number of aliphatic hydroxyl groups is 1. The van der Waals surface area contributed by atoms with Crippen LogP contribution in [0.1, 0.15) is 64.4 Å². The topological polar surface area (TPSA) is 105 Å². The van der Waals surface area contributed by atoms with Crippen molar-refractivity contribution in [2.24, 2.45) is 11.8 Å². The molecule has 8 heteroatoms. The highest BCUT2D eigenvalue weighted by molar-refractivity contribution is 5.98. The summed E-state index contributed by atoms with van der Waals surface area (Å²) in [5.74, 6) is -2.56. The van der Waals surface area contributed by atoms with Gasteiger partial charge in [0.1, 0.15) is 17.6 Å². The van der Waals surface area contributed by atoms with E-state index in [2.05, 4.69) is 5.32 Å². The standard InChI is InChI=1S/C28H38N2O6/c1-3-35-26(34)22-21-25(33)30(20(17-31)16-18-10-6-4-7-11-18)23(28(21)15-14-27(22,2)36-28)24(32)29-19-12-8-5-9-13-19/h4,6-7,10-11,19-23,31H,3,5,8-9,12-17H2,1-2H3,(H,29,32)/t20-,21+,22+,23?,27-,28?/m1/s1. The van der Waals surface area contributed by atoms with Crippen LogP contribution in [-0.4, -0.2) is 70.3 Å². The van der Waals surface area contributed by atoms with Gasteiger partial charge in [0.05, 0.1) is 30.8 Å². The Morgan fingerprint density at radius 1 is 1.19 bits per heavy atom. The number of nitrogens with one attached hydrogen (secondary N) is 1. The third-order valence-electron chi connectivity index (χ3n) is 8.87. The molecule has 3 heterocycles. The summed E-state index contributed by atoms with van der Waals surface area (Å²) in [4.78, 5) is 42.9. The molecule has 8 nitrogen and oxygen atoms in total. The van der Waals surface area contributed by atoms with Crippen molar-refractivity contribution in [3.8, 4) is 0 Å². The van der Waals surface area contributed by atoms with Gasteiger partial charge in [-0.15, -0.1) is 0 Å². The molecule has 2 N–H and O–H groups in total. The summed E-state index contributed by atoms with van der Waals surface area (Å²) in [6.07, 6.45) is 6.62. The normalized spacial score (nSPS) is 34.5. The molecule has 4 fully saturated rings. The van der Waals surface area contributed by atoms with E-state index in [0.717, 1.165) is 31.2 Å². The number of rotatable bonds is 8. The van der Waals surface area contributed by atoms with E-state index in [-0.39, 0.29) is 31.1 Å². The van der Waals surface area contributed by atoms with Crippen LogP contribution in [0.2, 0.25) is 0 Å². The van der Waals surface area contributed by atoms with Crippen molar-refractivity contribution in [1.82, 2.24) is 10.2 Å². The van der Waals surface area contributed by atoms with Crippen molar-refractivity contribution in [3.63, 3.8) is 0 Å². The van der Waals surface area contributed by atoms with Gasteiger partial charge in [-0.1, -0.05) is 49.6 Å². The van der Waals surface area contributed by atoms with Crippen LogP contribution in [0.5, 0.6) is 0 Å². The number of hydrogen-bond acceptors (Lipinski definition) is 6. The molecule has 196 valence electrons. The van der Waals surface area contributed by atoms with Crippen molar-refractivity contribution in [3.05, 3.63) is 35.9 Å². The highest BCUT2D eigenvalue weighted by Crippen LogP contribution is 2.63. The van der Waals surface area contributed by atoms with Gasteiger partial charge in [-0.25, -0.2) is 0 Å². The Bertz CT molecular complexity index is 995. The van der Waals surface area contributed by atoms with E-state index < -0.39 is 41.1 Å². The second-order valence-corrected chi connectivity index (χ2v) is 11.1. The molecule has 3 saturated heterocycles. The van der Waals surface area contributed by atoms with Crippen molar-refractivity contribution in [1.29, 1.82) is 0 Å². The molecule has 0 aromatic heterocycles. The predicted octanol–water partition coefficient (Wildman–Crippen LogP) is 2.37. The second kappa shape index (κ2) is 9.78. The first-order chi connectivity index (χ1) is 17.3. The van der Waals surface area contributed by atoms with Gasteiger partial charge in [-0.3, -0.25) is 14.4 Å². The van der Waals surface area contributed by atoms with E-state index in [9.17, 15) is 19.5 Å². The summed E-state index contributed by atoms with van der Waals surface area (Å²) in [5, 5.41) is 13.7. The maximum Gasteiger partial charge on any atom is 0.312 e. The Kier molecular flexibility index (Phi) is 6.85. The molecule has 1 saturated carbocycles. The van der Waals surface area contributed by atoms with Crippen LogP contribution < -0.4 is 5.32 Å². The molecule has 2 amide bonds. The summed E-state index contributed by atoms with van der Waals surface area (Å²) >= 11 is 0. The monoisotopic (exact) mass is 498 g/mol. The van der Waals surface area contributed by atoms with Gasteiger partial charge < -0.3 is 24.8 Å². The number of nitrogens with zero attached hydrogens (tertiary/aromatic N) is 1. The predicted molar refractivity (Wildman–Crippen MR) is 132 cm³/mol. The molecular weight excluding hydrogens is 460 g/mol. The first-order valence-electron chi connectivity index (χ1n) is 13.5. The molecule has 2 unspecified atom stereocenters. The molecular formula is C28H38N2O6. The molecule has 2 bridgehead atoms. The fourth-order valence-corrected chi connectivity index (χ4v) is 7.31. The average Bonchev–Trinajstić information content (AvgIpc) is 3.44. The summed E-state index contributed by atoms with van der Waals surface area (Å²) < 4.78 is 12.0. The van der Waals surface area contributed by atoms with Gasteiger partial charge in [-0.05, 0) is 51.5 Å². The molecule has 36 heavy (non-hydrogen) atoms. The number of esters is 1. The van der Waals surface area contributed by atoms with Gasteiger partial charge >= 0.3 is 5.97 Å². The quantitative estimate of drug-likeness (QED) is 0.533. The number of likely N-dealkylation sites (tertiary alicyclic amines) is 1. The fourth-order valence-electron chi connectivity index (χ4n) is 7.31. The van der Waals surface area contributed by atoms with E-state index in [0.29, 0.717) is 19.3 Å². The van der Waals surface area contributed by atoms with Crippen molar-refractivity contribution >= 4 is 17.8 Å². The maximum atomic E-state index is 14.2. The highest BCUT2D eigenvalue weighted by Gasteiger charge is 2.78. The van der Waals surface area contributed by atoms with Gasteiger partial charge in [0, 0.05) is 6.04 Å². The smallest absolute Gasteiger partial charge is 0.312 e. The van der Waals surface area contributed by atoms with Gasteiger partial charge in [-0.2, -0.15) is 0 Å². The number of amides is 2. The molecule has 1 aromatic carbocycles. The fraction of sp³-hybridized carbons (Fsp3) is 0.679. The summed E-state index contributed by atoms with van der Waals surface area (Å²) in [6, 6.07) is 8.19. The van der Waals surface area contributed by atoms with Crippen LogP contribution in [0, 0.1) is 11.8 Å². The minimum Gasteiger partial charge on any atom is -0.466 e. The molecule has 3 aliphatic heterocycles. The van der Waals surface area contributed by atoms with Crippen LogP contribution in [0.15, 0.2) is 30.3 Å². The number of carbonyl (C=O) groups is 3. The number of benzene rings is 1. The van der Waals surface area contributed by atoms with E-state index in [4.69, 9.17) is 9.47 Å². The van der Waals surface area contributed by atoms with Crippen LogP contribution in [0.4, 0.5) is 0 Å². The lowest BCUT2D eigenvalue weighted by Crippen LogP contribution is -2.59. The van der Waals surface area contributed by atoms with E-state index in [1.807, 2.05) is 37.3 Å². The Morgan fingerprint density at radius 2 is 1.92 bits per heavy atom. The van der Waals surface area contributed by atoms with E-state index >= 15 is 0 Å². The molecule has 0 radical (unpaired) electrons. The lowest BCUT2D eigenvalue weighted by atomic mass is 9.66. The average molecular weight is 499 g/mol. The van der Waals surface area contributed by atoms with Gasteiger partial charge in [0.15, 0.2) is 0 Å². The molecule has 1 spiro atoms. The van der Waals surface area contributed by atoms with Crippen molar-refractivity contribution in [2.45, 2.75) is 94.5 Å². The first kappa shape index (κ1) is 25.2. The minimum atomic E-state index is -1.11. The Hall–Kier alpha value is -2.45. The lowest BCUT2D eigenvalue weighted by Gasteiger charge is -2.38. The number of fused-ring (bicyclic) bond motifs is 1. The SMILES string of the molecule is CCOC(=O)[C@@H]1[C@H]2C(=O)N([C@@H](CO)Cc3ccccc3)C(C(=O)NC3CCCCC3)C23CC[C@@]1(C)O3. The van der Waals surface area contributed by atoms with E-state index in [1.54, 1.807) is 11.8 Å². The summed E-state index contributed by atoms with van der Waals surface area (Å²) in [7, 11) is 0. The number of hydrogen-bond donors (Lipinski definition) is 2. The van der Waals surface area contributed by atoms with Crippen LogP contribution in [0.3, 0.4) is 0 Å². The third-order valence-corrected chi connectivity index (χ3v) is 8.87. The Morgan fingerprint density at radius 3 is 2.58 bits per heavy atom. The minimum absolute atomic E-state index is 0.0652. The molecule has 6 atom stereocenters. The summed E-state index contributed by atoms with van der Waals surface area (Å²) in [6.45, 7) is 3.53. The zero-order valence-corrected chi connectivity index (χ0v) is 21.3. The van der Waals surface area contributed by atoms with Gasteiger partial charge in [0.2, 0.25) is 11.8 Å². The second-order valence-electron chi connectivity index (χ2n) is 11.1. The molecule has 1 aromatic rings. The molecule has 5 rings (SSSR count). The van der Waals surface area contributed by atoms with Crippen LogP contribution in [-0.2, 0) is 30.3 Å². The zero-order chi connectivity index (χ0) is 25.5. The number of aliphatic hydroxyl groups excluding tert-OH is 1. The van der Waals surface area contributed by atoms with Crippen molar-refractivity contribution < 1.29 is 29.0 Å². The Balaban J connectivity index is 1.53.